The molecule has 1 heterocycles. The van der Waals surface area contributed by atoms with Gasteiger partial charge in [0.15, 0.2) is 6.10 Å². The quantitative estimate of drug-likeness (QED) is 0.767. The summed E-state index contributed by atoms with van der Waals surface area (Å²) < 4.78 is 11.5. The molecule has 0 spiro atoms. The fourth-order valence-corrected chi connectivity index (χ4v) is 3.39. The van der Waals surface area contributed by atoms with Crippen LogP contribution < -0.4 is 14.8 Å². The molecule has 2 aromatic carbocycles. The maximum atomic E-state index is 12.5. The van der Waals surface area contributed by atoms with Crippen LogP contribution in [0.1, 0.15) is 31.4 Å². The molecule has 0 aliphatic carbocycles. The summed E-state index contributed by atoms with van der Waals surface area (Å²) in [6.45, 7) is 4.38. The number of amides is 1. The molecule has 0 saturated heterocycles. The van der Waals surface area contributed by atoms with Crippen LogP contribution in [0.15, 0.2) is 36.4 Å². The molecule has 3 rings (SSSR count). The number of hydrogen-bond acceptors (Lipinski definition) is 3. The van der Waals surface area contributed by atoms with Crippen LogP contribution in [-0.2, 0) is 17.8 Å². The molecule has 1 amide bonds. The highest BCUT2D eigenvalue weighted by molar-refractivity contribution is 6.35. The number of ether oxygens (including phenoxy) is 2. The van der Waals surface area contributed by atoms with Gasteiger partial charge >= 0.3 is 0 Å². The zero-order chi connectivity index (χ0) is 18.7. The Labute approximate surface area is 163 Å². The Hall–Kier alpha value is -1.91. The van der Waals surface area contributed by atoms with Gasteiger partial charge in [-0.25, -0.2) is 0 Å². The molecule has 2 aromatic rings. The molecule has 0 aromatic heterocycles. The van der Waals surface area contributed by atoms with Gasteiger partial charge in [-0.1, -0.05) is 42.3 Å². The van der Waals surface area contributed by atoms with Gasteiger partial charge in [-0.2, -0.15) is 0 Å². The van der Waals surface area contributed by atoms with Crippen LogP contribution in [0.3, 0.4) is 0 Å². The first kappa shape index (κ1) is 18.9. The summed E-state index contributed by atoms with van der Waals surface area (Å²) in [5.41, 5.74) is 2.22. The molecule has 1 N–H and O–H groups in total. The van der Waals surface area contributed by atoms with Crippen LogP contribution in [0.25, 0.3) is 0 Å². The minimum Gasteiger partial charge on any atom is -0.490 e. The molecule has 4 nitrogen and oxygen atoms in total. The third kappa shape index (κ3) is 4.43. The molecule has 0 bridgehead atoms. The van der Waals surface area contributed by atoms with Crippen molar-refractivity contribution in [3.63, 3.8) is 0 Å². The fraction of sp³-hybridized carbons (Fsp3) is 0.350. The van der Waals surface area contributed by atoms with E-state index in [-0.39, 0.29) is 12.0 Å². The largest absolute Gasteiger partial charge is 0.490 e. The SMILES string of the molecule is CC[C@@H](Oc1ccc(Cl)cc1Cl)C(=O)NCc1ccc2c(c1)C[C@H](C)O2. The number of carbonyl (C=O) groups is 1. The first-order valence-electron chi connectivity index (χ1n) is 8.64. The Morgan fingerprint density at radius 1 is 1.31 bits per heavy atom. The Balaban J connectivity index is 1.60. The molecule has 2 atom stereocenters. The Bertz CT molecular complexity index is 810. The zero-order valence-corrected chi connectivity index (χ0v) is 16.2. The molecule has 6 heteroatoms. The highest BCUT2D eigenvalue weighted by atomic mass is 35.5. The van der Waals surface area contributed by atoms with Gasteiger partial charge in [-0.3, -0.25) is 4.79 Å². The number of hydrogen-bond donors (Lipinski definition) is 1. The van der Waals surface area contributed by atoms with Gasteiger partial charge in [0.1, 0.15) is 17.6 Å². The fourth-order valence-electron chi connectivity index (χ4n) is 2.93. The first-order valence-corrected chi connectivity index (χ1v) is 9.39. The lowest BCUT2D eigenvalue weighted by molar-refractivity contribution is -0.128. The summed E-state index contributed by atoms with van der Waals surface area (Å²) in [5.74, 6) is 1.20. The van der Waals surface area contributed by atoms with Gasteiger partial charge in [0, 0.05) is 18.0 Å². The second-order valence-corrected chi connectivity index (χ2v) is 7.23. The van der Waals surface area contributed by atoms with Crippen molar-refractivity contribution < 1.29 is 14.3 Å². The van der Waals surface area contributed by atoms with Crippen LogP contribution >= 0.6 is 23.2 Å². The minimum absolute atomic E-state index is 0.177. The number of fused-ring (bicyclic) bond motifs is 1. The van der Waals surface area contributed by atoms with Crippen LogP contribution in [0.2, 0.25) is 10.0 Å². The van der Waals surface area contributed by atoms with Gasteiger partial charge in [0.25, 0.3) is 5.91 Å². The maximum absolute atomic E-state index is 12.5. The van der Waals surface area contributed by atoms with Crippen molar-refractivity contribution in [1.82, 2.24) is 5.32 Å². The molecular weight excluding hydrogens is 373 g/mol. The highest BCUT2D eigenvalue weighted by Crippen LogP contribution is 2.30. The standard InChI is InChI=1S/C20H21Cl2NO3/c1-3-17(26-19-7-5-15(21)10-16(19)22)20(24)23-11-13-4-6-18-14(9-13)8-12(2)25-18/h4-7,9-10,12,17H,3,8,11H2,1-2H3,(H,23,24)/t12-,17+/m0/s1. The van der Waals surface area contributed by atoms with Gasteiger partial charge in [0.2, 0.25) is 0 Å². The Kier molecular flexibility index (Phi) is 5.94. The summed E-state index contributed by atoms with van der Waals surface area (Å²) in [7, 11) is 0. The van der Waals surface area contributed by atoms with Crippen LogP contribution in [-0.4, -0.2) is 18.1 Å². The number of nitrogens with one attached hydrogen (secondary N) is 1. The molecule has 26 heavy (non-hydrogen) atoms. The molecule has 138 valence electrons. The Morgan fingerprint density at radius 2 is 2.12 bits per heavy atom. The molecule has 1 aliphatic rings. The molecular formula is C20H21Cl2NO3. The lowest BCUT2D eigenvalue weighted by Gasteiger charge is -2.18. The van der Waals surface area contributed by atoms with E-state index in [1.165, 1.54) is 5.56 Å². The average molecular weight is 394 g/mol. The van der Waals surface area contributed by atoms with E-state index in [0.717, 1.165) is 17.7 Å². The third-order valence-corrected chi connectivity index (χ3v) is 4.78. The molecule has 0 saturated carbocycles. The minimum atomic E-state index is -0.619. The first-order chi connectivity index (χ1) is 12.5. The van der Waals surface area contributed by atoms with Crippen molar-refractivity contribution in [2.75, 3.05) is 0 Å². The van der Waals surface area contributed by atoms with E-state index in [0.29, 0.717) is 28.8 Å². The van der Waals surface area contributed by atoms with Crippen LogP contribution in [0.5, 0.6) is 11.5 Å². The number of carbonyl (C=O) groups excluding carboxylic acids is 1. The summed E-state index contributed by atoms with van der Waals surface area (Å²) in [6, 6.07) is 11.0. The average Bonchev–Trinajstić information content (AvgIpc) is 2.98. The second kappa shape index (κ2) is 8.19. The van der Waals surface area contributed by atoms with Gasteiger partial charge in [0.05, 0.1) is 5.02 Å². The van der Waals surface area contributed by atoms with E-state index < -0.39 is 6.10 Å². The van der Waals surface area contributed by atoms with Gasteiger partial charge in [-0.05, 0) is 48.7 Å². The normalized spacial score (nSPS) is 16.5. The van der Waals surface area contributed by atoms with Crippen molar-refractivity contribution in [3.05, 3.63) is 57.6 Å². The van der Waals surface area contributed by atoms with Crippen molar-refractivity contribution in [1.29, 1.82) is 0 Å². The van der Waals surface area contributed by atoms with Crippen molar-refractivity contribution in [2.45, 2.75) is 45.4 Å². The van der Waals surface area contributed by atoms with E-state index in [1.54, 1.807) is 18.2 Å². The molecule has 0 fully saturated rings. The predicted octanol–water partition coefficient (Wildman–Crippen LogP) is 4.79. The second-order valence-electron chi connectivity index (χ2n) is 6.38. The zero-order valence-electron chi connectivity index (χ0n) is 14.7. The summed E-state index contributed by atoms with van der Waals surface area (Å²) >= 11 is 12.0. The van der Waals surface area contributed by atoms with Crippen molar-refractivity contribution in [3.8, 4) is 11.5 Å². The molecule has 1 aliphatic heterocycles. The van der Waals surface area contributed by atoms with Crippen LogP contribution in [0.4, 0.5) is 0 Å². The molecule has 0 unspecified atom stereocenters. The van der Waals surface area contributed by atoms with Gasteiger partial charge < -0.3 is 14.8 Å². The van der Waals surface area contributed by atoms with Gasteiger partial charge in [-0.15, -0.1) is 0 Å². The summed E-state index contributed by atoms with van der Waals surface area (Å²) in [4.78, 5) is 12.5. The number of benzene rings is 2. The predicted molar refractivity (Wildman–Crippen MR) is 103 cm³/mol. The maximum Gasteiger partial charge on any atom is 0.261 e. The van der Waals surface area contributed by atoms with Crippen LogP contribution in [0, 0.1) is 0 Å². The Morgan fingerprint density at radius 3 is 2.85 bits per heavy atom. The van der Waals surface area contributed by atoms with E-state index in [1.807, 2.05) is 26.0 Å². The van der Waals surface area contributed by atoms with E-state index in [2.05, 4.69) is 11.4 Å². The lowest BCUT2D eigenvalue weighted by Crippen LogP contribution is -2.37. The highest BCUT2D eigenvalue weighted by Gasteiger charge is 2.21. The lowest BCUT2D eigenvalue weighted by atomic mass is 10.1. The van der Waals surface area contributed by atoms with E-state index >= 15 is 0 Å². The molecule has 0 radical (unpaired) electrons. The smallest absolute Gasteiger partial charge is 0.261 e. The van der Waals surface area contributed by atoms with Crippen molar-refractivity contribution in [2.24, 2.45) is 0 Å². The third-order valence-electron chi connectivity index (χ3n) is 4.25. The summed E-state index contributed by atoms with van der Waals surface area (Å²) in [5, 5.41) is 3.84. The topological polar surface area (TPSA) is 47.6 Å². The summed E-state index contributed by atoms with van der Waals surface area (Å²) in [6.07, 6.45) is 1.01. The monoisotopic (exact) mass is 393 g/mol. The van der Waals surface area contributed by atoms with E-state index in [4.69, 9.17) is 32.7 Å². The van der Waals surface area contributed by atoms with Crippen molar-refractivity contribution >= 4 is 29.1 Å². The number of rotatable bonds is 6. The number of halogens is 2. The van der Waals surface area contributed by atoms with E-state index in [9.17, 15) is 4.79 Å².